The highest BCUT2D eigenvalue weighted by Gasteiger charge is 2.43. The first-order chi connectivity index (χ1) is 28.8. The Bertz CT molecular complexity index is 1730. The number of likely N-dealkylation sites (tertiary alicyclic amines) is 1. The average Bonchev–Trinajstić information content (AvgIpc) is 3.72. The number of nitro groups is 1. The number of amides is 4. The second-order valence-electron chi connectivity index (χ2n) is 17.5. The second kappa shape index (κ2) is 23.7. The van der Waals surface area contributed by atoms with E-state index in [-0.39, 0.29) is 59.5 Å². The first-order valence-corrected chi connectivity index (χ1v) is 21.7. The summed E-state index contributed by atoms with van der Waals surface area (Å²) in [5.74, 6) is -2.18. The number of carbonyl (C=O) groups is 4. The number of nitrogens with zero attached hydrogens (tertiary/aromatic N) is 4. The summed E-state index contributed by atoms with van der Waals surface area (Å²) >= 11 is 0. The number of benzene rings is 2. The standard InChI is InChI=1S/C46H72N6O9/c1-13-30(6)41(50(10)46(57)39(28(2)3)48-45(56)40(29(4)5)49(9)27-33-21-23-35(24-22-33)52(58)59)37(60-11)26-38(53)51-25-17-20-36(51)43(61-12)31(7)44(55)47-32(8)42(54)34-18-15-14-16-19-34/h14-16,18-19,21-24,28-32,36-37,39-43,54H,13,17,20,25-27H2,1-12H3,(H,47,55)(H,48,56)/t30?,31?,32?,36-,37?,39?,40?,41?,42?,43?/m0/s1. The summed E-state index contributed by atoms with van der Waals surface area (Å²) in [7, 11) is 6.60. The Hall–Kier alpha value is -4.44. The average molecular weight is 853 g/mol. The van der Waals surface area contributed by atoms with E-state index in [1.807, 2.05) is 83.8 Å². The quantitative estimate of drug-likeness (QED) is 0.0974. The van der Waals surface area contributed by atoms with Gasteiger partial charge in [0.05, 0.1) is 59.7 Å². The molecular weight excluding hydrogens is 781 g/mol. The van der Waals surface area contributed by atoms with E-state index in [0.29, 0.717) is 31.5 Å². The first kappa shape index (κ1) is 50.9. The molecule has 0 aliphatic carbocycles. The summed E-state index contributed by atoms with van der Waals surface area (Å²) < 4.78 is 12.0. The minimum Gasteiger partial charge on any atom is -0.386 e. The molecule has 3 rings (SSSR count). The van der Waals surface area contributed by atoms with E-state index >= 15 is 0 Å². The van der Waals surface area contributed by atoms with Gasteiger partial charge in [0.2, 0.25) is 23.6 Å². The van der Waals surface area contributed by atoms with Crippen LogP contribution in [-0.4, -0.2) is 126 Å². The zero-order chi connectivity index (χ0) is 45.7. The predicted octanol–water partition coefficient (Wildman–Crippen LogP) is 5.35. The maximum atomic E-state index is 14.5. The van der Waals surface area contributed by atoms with Crippen LogP contribution < -0.4 is 10.6 Å². The zero-order valence-corrected chi connectivity index (χ0v) is 38.4. The fraction of sp³-hybridized carbons (Fsp3) is 0.652. The van der Waals surface area contributed by atoms with Gasteiger partial charge in [-0.15, -0.1) is 0 Å². The zero-order valence-electron chi connectivity index (χ0n) is 38.4. The number of carbonyl (C=O) groups excluding carboxylic acids is 4. The Kier molecular flexibility index (Phi) is 19.8. The molecule has 15 nitrogen and oxygen atoms in total. The van der Waals surface area contributed by atoms with Gasteiger partial charge in [-0.25, -0.2) is 0 Å². The fourth-order valence-electron chi connectivity index (χ4n) is 8.77. The maximum absolute atomic E-state index is 14.5. The Balaban J connectivity index is 1.77. The topological polar surface area (TPSA) is 184 Å². The van der Waals surface area contributed by atoms with Crippen LogP contribution >= 0.6 is 0 Å². The number of nitro benzene ring substituents is 1. The van der Waals surface area contributed by atoms with Crippen molar-refractivity contribution < 1.29 is 38.7 Å². The third-order valence-corrected chi connectivity index (χ3v) is 12.4. The minimum atomic E-state index is -0.899. The molecule has 0 bridgehead atoms. The molecule has 1 saturated heterocycles. The smallest absolute Gasteiger partial charge is 0.269 e. The molecule has 1 fully saturated rings. The highest BCUT2D eigenvalue weighted by atomic mass is 16.6. The lowest BCUT2D eigenvalue weighted by molar-refractivity contribution is -0.384. The van der Waals surface area contributed by atoms with E-state index in [9.17, 15) is 34.4 Å². The van der Waals surface area contributed by atoms with Crippen LogP contribution in [0.5, 0.6) is 0 Å². The number of aliphatic hydroxyl groups excluding tert-OH is 1. The number of rotatable bonds is 23. The van der Waals surface area contributed by atoms with Crippen molar-refractivity contribution in [2.75, 3.05) is 34.9 Å². The van der Waals surface area contributed by atoms with Gasteiger partial charge in [0.15, 0.2) is 0 Å². The number of hydrogen-bond donors (Lipinski definition) is 3. The molecule has 0 aromatic heterocycles. The molecule has 15 heteroatoms. The summed E-state index contributed by atoms with van der Waals surface area (Å²) in [6.07, 6.45) is -0.136. The Morgan fingerprint density at radius 1 is 0.902 bits per heavy atom. The van der Waals surface area contributed by atoms with E-state index < -0.39 is 53.3 Å². The highest BCUT2D eigenvalue weighted by molar-refractivity contribution is 5.90. The van der Waals surface area contributed by atoms with E-state index in [0.717, 1.165) is 12.0 Å². The van der Waals surface area contributed by atoms with Gasteiger partial charge in [0, 0.05) is 46.5 Å². The van der Waals surface area contributed by atoms with Gasteiger partial charge in [0.1, 0.15) is 6.04 Å². The highest BCUT2D eigenvalue weighted by Crippen LogP contribution is 2.30. The molecule has 3 N–H and O–H groups in total. The monoisotopic (exact) mass is 853 g/mol. The van der Waals surface area contributed by atoms with Crippen molar-refractivity contribution in [2.45, 2.75) is 136 Å². The molecular formula is C46H72N6O9. The minimum absolute atomic E-state index is 0.0124. The second-order valence-corrected chi connectivity index (χ2v) is 17.5. The molecule has 0 radical (unpaired) electrons. The Labute approximate surface area is 363 Å². The lowest BCUT2D eigenvalue weighted by atomic mass is 9.89. The normalized spacial score (nSPS) is 18.8. The van der Waals surface area contributed by atoms with Gasteiger partial charge in [-0.3, -0.25) is 34.2 Å². The number of likely N-dealkylation sites (N-methyl/N-ethyl adjacent to an activating group) is 2. The van der Waals surface area contributed by atoms with Crippen molar-refractivity contribution >= 4 is 29.3 Å². The van der Waals surface area contributed by atoms with Crippen molar-refractivity contribution in [3.63, 3.8) is 0 Å². The van der Waals surface area contributed by atoms with E-state index in [2.05, 4.69) is 10.6 Å². The molecule has 340 valence electrons. The van der Waals surface area contributed by atoms with Gasteiger partial charge in [0.25, 0.3) is 5.69 Å². The SMILES string of the molecule is CCC(C)C(C(CC(=O)N1CCC[C@H]1C(OC)C(C)C(=O)NC(C)C(O)c1ccccc1)OC)N(C)C(=O)C(NC(=O)C(C(C)C)N(C)Cc1ccc([N+](=O)[O-])cc1)C(C)C. The van der Waals surface area contributed by atoms with Gasteiger partial charge in [-0.1, -0.05) is 97.4 Å². The van der Waals surface area contributed by atoms with Crippen LogP contribution in [0, 0.1) is 33.8 Å². The molecule has 4 amide bonds. The van der Waals surface area contributed by atoms with Crippen molar-refractivity contribution in [1.29, 1.82) is 0 Å². The number of nitrogens with one attached hydrogen (secondary N) is 2. The molecule has 10 atom stereocenters. The molecule has 9 unspecified atom stereocenters. The third kappa shape index (κ3) is 13.3. The van der Waals surface area contributed by atoms with Crippen molar-refractivity contribution in [3.05, 3.63) is 75.8 Å². The third-order valence-electron chi connectivity index (χ3n) is 12.4. The van der Waals surface area contributed by atoms with Crippen LogP contribution in [-0.2, 0) is 35.2 Å². The molecule has 1 heterocycles. The Morgan fingerprint density at radius 2 is 1.52 bits per heavy atom. The van der Waals surface area contributed by atoms with Crippen molar-refractivity contribution in [3.8, 4) is 0 Å². The molecule has 0 spiro atoms. The molecule has 2 aromatic rings. The molecule has 61 heavy (non-hydrogen) atoms. The largest absolute Gasteiger partial charge is 0.386 e. The van der Waals surface area contributed by atoms with Crippen LogP contribution in [0.3, 0.4) is 0 Å². The molecule has 1 aliphatic rings. The molecule has 1 aliphatic heterocycles. The van der Waals surface area contributed by atoms with E-state index in [1.54, 1.807) is 49.9 Å². The summed E-state index contributed by atoms with van der Waals surface area (Å²) in [4.78, 5) is 72.4. The molecule has 0 saturated carbocycles. The first-order valence-electron chi connectivity index (χ1n) is 21.7. The molecule has 2 aromatic carbocycles. The van der Waals surface area contributed by atoms with Gasteiger partial charge < -0.3 is 35.0 Å². The number of non-ortho nitro benzene ring substituents is 1. The lowest BCUT2D eigenvalue weighted by Crippen LogP contribution is -2.60. The van der Waals surface area contributed by atoms with E-state index in [4.69, 9.17) is 9.47 Å². The number of hydrogen-bond acceptors (Lipinski definition) is 10. The van der Waals surface area contributed by atoms with Gasteiger partial charge in [-0.2, -0.15) is 0 Å². The number of methoxy groups -OCH3 is 2. The van der Waals surface area contributed by atoms with Crippen LogP contribution in [0.15, 0.2) is 54.6 Å². The van der Waals surface area contributed by atoms with Crippen LogP contribution in [0.1, 0.15) is 98.3 Å². The summed E-state index contributed by atoms with van der Waals surface area (Å²) in [6, 6.07) is 12.4. The number of aliphatic hydroxyl groups is 1. The van der Waals surface area contributed by atoms with E-state index in [1.165, 1.54) is 19.2 Å². The Morgan fingerprint density at radius 3 is 2.05 bits per heavy atom. The van der Waals surface area contributed by atoms with Crippen molar-refractivity contribution in [1.82, 2.24) is 25.3 Å². The lowest BCUT2D eigenvalue weighted by Gasteiger charge is -2.41. The van der Waals surface area contributed by atoms with Gasteiger partial charge in [-0.05, 0) is 55.7 Å². The maximum Gasteiger partial charge on any atom is 0.269 e. The van der Waals surface area contributed by atoms with Crippen LogP contribution in [0.2, 0.25) is 0 Å². The van der Waals surface area contributed by atoms with Crippen molar-refractivity contribution in [2.24, 2.45) is 23.7 Å². The van der Waals surface area contributed by atoms with Crippen LogP contribution in [0.4, 0.5) is 5.69 Å². The van der Waals surface area contributed by atoms with Gasteiger partial charge >= 0.3 is 0 Å². The summed E-state index contributed by atoms with van der Waals surface area (Å²) in [6.45, 7) is 16.0. The fourth-order valence-corrected chi connectivity index (χ4v) is 8.77. The summed E-state index contributed by atoms with van der Waals surface area (Å²) in [5.41, 5.74) is 1.49. The number of ether oxygens (including phenoxy) is 2. The predicted molar refractivity (Wildman–Crippen MR) is 235 cm³/mol. The summed E-state index contributed by atoms with van der Waals surface area (Å²) in [5, 5.41) is 28.0. The van der Waals surface area contributed by atoms with Crippen LogP contribution in [0.25, 0.3) is 0 Å².